The van der Waals surface area contributed by atoms with Crippen LogP contribution in [0.2, 0.25) is 5.02 Å². The molecule has 10 heteroatoms. The fourth-order valence-corrected chi connectivity index (χ4v) is 5.70. The number of hydrogen-bond acceptors (Lipinski definition) is 4. The summed E-state index contributed by atoms with van der Waals surface area (Å²) < 4.78 is 43.1. The Morgan fingerprint density at radius 3 is 2.15 bits per heavy atom. The summed E-state index contributed by atoms with van der Waals surface area (Å²) in [5.74, 6) is -1.84. The predicted octanol–water partition coefficient (Wildman–Crippen LogP) is 5.40. The summed E-state index contributed by atoms with van der Waals surface area (Å²) in [6.07, 6.45) is 0.959. The molecule has 3 aromatic rings. The summed E-state index contributed by atoms with van der Waals surface area (Å²) in [7, 11) is -4.34. The van der Waals surface area contributed by atoms with Crippen molar-refractivity contribution in [2.45, 2.75) is 57.1 Å². The molecule has 0 saturated carbocycles. The number of carbonyl (C=O) groups excluding carboxylic acids is 2. The van der Waals surface area contributed by atoms with E-state index in [2.05, 4.69) is 5.32 Å². The molecule has 0 saturated heterocycles. The van der Waals surface area contributed by atoms with Crippen molar-refractivity contribution in [3.05, 3.63) is 95.3 Å². The van der Waals surface area contributed by atoms with Gasteiger partial charge in [0.25, 0.3) is 10.0 Å². The fraction of sp³-hybridized carbons (Fsp3) is 0.310. The van der Waals surface area contributed by atoms with Gasteiger partial charge in [0, 0.05) is 17.6 Å². The first kappa shape index (κ1) is 30.1. The topological polar surface area (TPSA) is 86.8 Å². The summed E-state index contributed by atoms with van der Waals surface area (Å²) in [5, 5.41) is 3.31. The molecule has 3 aromatic carbocycles. The number of halogens is 2. The average Bonchev–Trinajstić information content (AvgIpc) is 2.93. The maximum atomic E-state index is 15.0. The van der Waals surface area contributed by atoms with Crippen LogP contribution in [0.1, 0.15) is 39.2 Å². The summed E-state index contributed by atoms with van der Waals surface area (Å²) in [5.41, 5.74) is 0.315. The Kier molecular flexibility index (Phi) is 10.5. The van der Waals surface area contributed by atoms with Crippen molar-refractivity contribution in [3.8, 4) is 0 Å². The van der Waals surface area contributed by atoms with Crippen molar-refractivity contribution in [2.24, 2.45) is 0 Å². The SMILES string of the molecule is CCC(C)NC(=O)C(CC)N(Cc1ccccc1Cl)C(=O)CN(c1ccccc1F)S(=O)(=O)c1ccccc1. The highest BCUT2D eigenvalue weighted by Gasteiger charge is 2.35. The third kappa shape index (κ3) is 7.36. The monoisotopic (exact) mass is 573 g/mol. The van der Waals surface area contributed by atoms with Gasteiger partial charge in [-0.15, -0.1) is 0 Å². The first-order valence-corrected chi connectivity index (χ1v) is 14.6. The highest BCUT2D eigenvalue weighted by molar-refractivity contribution is 7.92. The summed E-state index contributed by atoms with van der Waals surface area (Å²) >= 11 is 6.39. The quantitative estimate of drug-likeness (QED) is 0.314. The lowest BCUT2D eigenvalue weighted by molar-refractivity contribution is -0.140. The van der Waals surface area contributed by atoms with Crippen LogP contribution >= 0.6 is 11.6 Å². The van der Waals surface area contributed by atoms with Crippen molar-refractivity contribution >= 4 is 39.1 Å². The van der Waals surface area contributed by atoms with Gasteiger partial charge >= 0.3 is 0 Å². The molecule has 0 fully saturated rings. The molecule has 0 aromatic heterocycles. The van der Waals surface area contributed by atoms with E-state index < -0.39 is 34.3 Å². The number of nitrogens with zero attached hydrogens (tertiary/aromatic N) is 2. The average molecular weight is 574 g/mol. The molecule has 1 N–H and O–H groups in total. The number of amides is 2. The number of rotatable bonds is 12. The molecule has 0 aliphatic carbocycles. The van der Waals surface area contributed by atoms with E-state index in [1.54, 1.807) is 49.4 Å². The maximum absolute atomic E-state index is 15.0. The van der Waals surface area contributed by atoms with Gasteiger partial charge in [-0.3, -0.25) is 13.9 Å². The zero-order chi connectivity index (χ0) is 28.6. The van der Waals surface area contributed by atoms with Crippen LogP contribution in [0.3, 0.4) is 0 Å². The first-order chi connectivity index (χ1) is 18.6. The Balaban J connectivity index is 2.07. The van der Waals surface area contributed by atoms with E-state index >= 15 is 0 Å². The molecule has 0 heterocycles. The van der Waals surface area contributed by atoms with Crippen molar-refractivity contribution in [2.75, 3.05) is 10.8 Å². The third-order valence-electron chi connectivity index (χ3n) is 6.42. The predicted molar refractivity (Wildman–Crippen MR) is 151 cm³/mol. The second-order valence-electron chi connectivity index (χ2n) is 9.13. The van der Waals surface area contributed by atoms with Gasteiger partial charge in [-0.1, -0.05) is 74.0 Å². The number of hydrogen-bond donors (Lipinski definition) is 1. The van der Waals surface area contributed by atoms with Crippen molar-refractivity contribution in [3.63, 3.8) is 0 Å². The minimum absolute atomic E-state index is 0.0402. The second kappa shape index (κ2) is 13.6. The zero-order valence-corrected chi connectivity index (χ0v) is 23.8. The lowest BCUT2D eigenvalue weighted by Gasteiger charge is -2.34. The van der Waals surface area contributed by atoms with E-state index in [0.717, 1.165) is 10.4 Å². The van der Waals surface area contributed by atoms with Crippen LogP contribution in [-0.2, 0) is 26.2 Å². The number of anilines is 1. The second-order valence-corrected chi connectivity index (χ2v) is 11.4. The molecular weight excluding hydrogens is 541 g/mol. The Hall–Kier alpha value is -3.43. The minimum Gasteiger partial charge on any atom is -0.352 e. The van der Waals surface area contributed by atoms with Crippen LogP contribution in [0.25, 0.3) is 0 Å². The number of carbonyl (C=O) groups is 2. The lowest BCUT2D eigenvalue weighted by atomic mass is 10.1. The molecule has 0 spiro atoms. The van der Waals surface area contributed by atoms with E-state index in [1.165, 1.54) is 35.2 Å². The smallest absolute Gasteiger partial charge is 0.264 e. The highest BCUT2D eigenvalue weighted by atomic mass is 35.5. The summed E-state index contributed by atoms with van der Waals surface area (Å²) in [6, 6.07) is 18.7. The fourth-order valence-electron chi connectivity index (χ4n) is 4.06. The molecule has 0 aliphatic heterocycles. The van der Waals surface area contributed by atoms with Gasteiger partial charge in [-0.05, 0) is 55.7 Å². The Morgan fingerprint density at radius 1 is 0.923 bits per heavy atom. The number of nitrogens with one attached hydrogen (secondary N) is 1. The molecule has 3 rings (SSSR count). The highest BCUT2D eigenvalue weighted by Crippen LogP contribution is 2.27. The molecule has 0 radical (unpaired) electrons. The Labute approximate surface area is 234 Å². The minimum atomic E-state index is -4.34. The lowest BCUT2D eigenvalue weighted by Crippen LogP contribution is -2.53. The number of benzene rings is 3. The third-order valence-corrected chi connectivity index (χ3v) is 8.56. The zero-order valence-electron chi connectivity index (χ0n) is 22.2. The molecule has 39 heavy (non-hydrogen) atoms. The largest absolute Gasteiger partial charge is 0.352 e. The molecule has 0 bridgehead atoms. The van der Waals surface area contributed by atoms with Gasteiger partial charge in [-0.2, -0.15) is 0 Å². The van der Waals surface area contributed by atoms with Crippen molar-refractivity contribution in [1.82, 2.24) is 10.2 Å². The van der Waals surface area contributed by atoms with Crippen molar-refractivity contribution < 1.29 is 22.4 Å². The van der Waals surface area contributed by atoms with E-state index in [9.17, 15) is 22.4 Å². The molecule has 7 nitrogen and oxygen atoms in total. The van der Waals surface area contributed by atoms with Crippen LogP contribution < -0.4 is 9.62 Å². The van der Waals surface area contributed by atoms with Gasteiger partial charge in [0.15, 0.2) is 0 Å². The van der Waals surface area contributed by atoms with E-state index in [4.69, 9.17) is 11.6 Å². The van der Waals surface area contributed by atoms with Crippen LogP contribution in [0, 0.1) is 5.82 Å². The van der Waals surface area contributed by atoms with Crippen LogP contribution in [-0.4, -0.2) is 43.8 Å². The van der Waals surface area contributed by atoms with Crippen LogP contribution in [0.5, 0.6) is 0 Å². The van der Waals surface area contributed by atoms with Crippen LogP contribution in [0.4, 0.5) is 10.1 Å². The molecule has 2 unspecified atom stereocenters. The van der Waals surface area contributed by atoms with Gasteiger partial charge in [0.2, 0.25) is 11.8 Å². The van der Waals surface area contributed by atoms with Gasteiger partial charge in [0.05, 0.1) is 10.6 Å². The van der Waals surface area contributed by atoms with Crippen LogP contribution in [0.15, 0.2) is 83.8 Å². The Bertz CT molecular complexity index is 1390. The van der Waals surface area contributed by atoms with E-state index in [1.807, 2.05) is 13.8 Å². The number of para-hydroxylation sites is 1. The van der Waals surface area contributed by atoms with E-state index in [-0.39, 0.29) is 35.5 Å². The molecule has 0 aliphatic rings. The van der Waals surface area contributed by atoms with Gasteiger partial charge in [-0.25, -0.2) is 12.8 Å². The maximum Gasteiger partial charge on any atom is 0.264 e. The molecule has 208 valence electrons. The first-order valence-electron chi connectivity index (χ1n) is 12.8. The van der Waals surface area contributed by atoms with Gasteiger partial charge in [0.1, 0.15) is 18.4 Å². The summed E-state index contributed by atoms with van der Waals surface area (Å²) in [4.78, 5) is 28.4. The Morgan fingerprint density at radius 2 is 1.54 bits per heavy atom. The molecule has 2 amide bonds. The van der Waals surface area contributed by atoms with E-state index in [0.29, 0.717) is 17.0 Å². The van der Waals surface area contributed by atoms with Gasteiger partial charge < -0.3 is 10.2 Å². The normalized spacial score (nSPS) is 12.8. The van der Waals surface area contributed by atoms with Crippen molar-refractivity contribution in [1.29, 1.82) is 0 Å². The molecule has 2 atom stereocenters. The molecular formula is C29H33ClFN3O4S. The standard InChI is InChI=1S/C29H33ClFN3O4S/c1-4-21(3)32-29(36)26(5-2)33(19-22-13-9-10-16-24(22)30)28(35)20-34(27-18-12-11-17-25(27)31)39(37,38)23-14-7-6-8-15-23/h6-18,21,26H,4-5,19-20H2,1-3H3,(H,32,36). The summed E-state index contributed by atoms with van der Waals surface area (Å²) in [6.45, 7) is 4.79. The number of sulfonamides is 1.